The van der Waals surface area contributed by atoms with E-state index in [0.717, 1.165) is 24.5 Å². The summed E-state index contributed by atoms with van der Waals surface area (Å²) in [6, 6.07) is 3.79. The van der Waals surface area contributed by atoms with Crippen LogP contribution in [0.4, 0.5) is 5.82 Å². The lowest BCUT2D eigenvalue weighted by Crippen LogP contribution is -2.16. The monoisotopic (exact) mass is 271 g/mol. The molecule has 0 unspecified atom stereocenters. The van der Waals surface area contributed by atoms with E-state index < -0.39 is 0 Å². The molecule has 0 bridgehead atoms. The molecule has 0 atom stereocenters. The third-order valence-electron chi connectivity index (χ3n) is 2.82. The van der Waals surface area contributed by atoms with Crippen molar-refractivity contribution in [3.05, 3.63) is 30.2 Å². The number of hydrogen-bond donors (Lipinski definition) is 1. The van der Waals surface area contributed by atoms with E-state index in [1.807, 2.05) is 6.07 Å². The largest absolute Gasteiger partial charge is 0.370 e. The Morgan fingerprint density at radius 3 is 2.35 bits per heavy atom. The summed E-state index contributed by atoms with van der Waals surface area (Å²) in [5.74, 6) is 1.95. The van der Waals surface area contributed by atoms with Gasteiger partial charge in [0, 0.05) is 30.4 Å². The maximum atomic E-state index is 4.61. The summed E-state index contributed by atoms with van der Waals surface area (Å²) in [7, 11) is 0. The third kappa shape index (κ3) is 3.50. The Kier molecular flexibility index (Phi) is 4.27. The Labute approximate surface area is 119 Å². The average Bonchev–Trinajstić information content (AvgIpc) is 2.45. The number of nitrogens with one attached hydrogen (secondary N) is 1. The lowest BCUT2D eigenvalue weighted by atomic mass is 9.92. The van der Waals surface area contributed by atoms with Crippen molar-refractivity contribution in [1.29, 1.82) is 0 Å². The molecule has 0 radical (unpaired) electrons. The summed E-state index contributed by atoms with van der Waals surface area (Å²) in [5, 5.41) is 3.31. The van der Waals surface area contributed by atoms with Gasteiger partial charge in [-0.25, -0.2) is 19.9 Å². The number of hydrogen-bond acceptors (Lipinski definition) is 5. The molecular formula is C15H21N5. The van der Waals surface area contributed by atoms with Gasteiger partial charge in [0.15, 0.2) is 11.6 Å². The van der Waals surface area contributed by atoms with Crippen molar-refractivity contribution in [1.82, 2.24) is 19.9 Å². The fourth-order valence-corrected chi connectivity index (χ4v) is 1.69. The molecule has 2 aromatic heterocycles. The lowest BCUT2D eigenvalue weighted by molar-refractivity contribution is 0.568. The van der Waals surface area contributed by atoms with Gasteiger partial charge in [0.1, 0.15) is 5.82 Å². The summed E-state index contributed by atoms with van der Waals surface area (Å²) in [5.41, 5.74) is 0.934. The van der Waals surface area contributed by atoms with Crippen molar-refractivity contribution < 1.29 is 0 Å². The second-order valence-corrected chi connectivity index (χ2v) is 5.71. The Balaban J connectivity index is 2.46. The van der Waals surface area contributed by atoms with E-state index in [-0.39, 0.29) is 5.41 Å². The normalized spacial score (nSPS) is 11.4. The minimum absolute atomic E-state index is 0.0465. The standard InChI is InChI=1S/C15H21N5/c1-5-7-16-12-10-11(15(2,3)4)19-14(20-12)13-17-8-6-9-18-13/h6,8-10H,5,7H2,1-4H3,(H,16,19,20). The van der Waals surface area contributed by atoms with E-state index in [1.54, 1.807) is 18.5 Å². The number of rotatable bonds is 4. The molecule has 2 heterocycles. The number of anilines is 1. The minimum atomic E-state index is -0.0465. The molecule has 0 spiro atoms. The van der Waals surface area contributed by atoms with Crippen LogP contribution in [0.2, 0.25) is 0 Å². The first-order valence-electron chi connectivity index (χ1n) is 6.91. The van der Waals surface area contributed by atoms with Crippen LogP contribution in [0.3, 0.4) is 0 Å². The zero-order valence-electron chi connectivity index (χ0n) is 12.5. The van der Waals surface area contributed by atoms with Crippen LogP contribution in [-0.4, -0.2) is 26.5 Å². The Bertz CT molecular complexity index is 560. The third-order valence-corrected chi connectivity index (χ3v) is 2.82. The van der Waals surface area contributed by atoms with Gasteiger partial charge < -0.3 is 5.32 Å². The summed E-state index contributed by atoms with van der Waals surface area (Å²) in [6.45, 7) is 9.41. The van der Waals surface area contributed by atoms with Gasteiger partial charge in [-0.3, -0.25) is 0 Å². The van der Waals surface area contributed by atoms with Crippen molar-refractivity contribution in [2.24, 2.45) is 0 Å². The van der Waals surface area contributed by atoms with E-state index in [9.17, 15) is 0 Å². The highest BCUT2D eigenvalue weighted by atomic mass is 15.1. The fraction of sp³-hybridized carbons (Fsp3) is 0.467. The predicted molar refractivity (Wildman–Crippen MR) is 80.5 cm³/mol. The molecule has 0 aliphatic rings. The van der Waals surface area contributed by atoms with Crippen LogP contribution >= 0.6 is 0 Å². The van der Waals surface area contributed by atoms with Gasteiger partial charge >= 0.3 is 0 Å². The Morgan fingerprint density at radius 1 is 1.05 bits per heavy atom. The highest BCUT2D eigenvalue weighted by molar-refractivity contribution is 5.49. The van der Waals surface area contributed by atoms with Crippen LogP contribution < -0.4 is 5.32 Å². The van der Waals surface area contributed by atoms with Gasteiger partial charge in [0.25, 0.3) is 0 Å². The van der Waals surface area contributed by atoms with Crippen LogP contribution in [0.1, 0.15) is 39.8 Å². The summed E-state index contributed by atoms with van der Waals surface area (Å²) < 4.78 is 0. The fourth-order valence-electron chi connectivity index (χ4n) is 1.69. The predicted octanol–water partition coefficient (Wildman–Crippen LogP) is 3.05. The molecule has 2 rings (SSSR count). The van der Waals surface area contributed by atoms with Crippen LogP contribution in [-0.2, 0) is 5.41 Å². The molecule has 0 fully saturated rings. The van der Waals surface area contributed by atoms with E-state index in [2.05, 4.69) is 52.9 Å². The molecule has 1 N–H and O–H groups in total. The topological polar surface area (TPSA) is 63.6 Å². The summed E-state index contributed by atoms with van der Waals surface area (Å²) in [4.78, 5) is 17.6. The van der Waals surface area contributed by atoms with Gasteiger partial charge in [0.2, 0.25) is 0 Å². The molecule has 5 heteroatoms. The minimum Gasteiger partial charge on any atom is -0.370 e. The highest BCUT2D eigenvalue weighted by Crippen LogP contribution is 2.24. The van der Waals surface area contributed by atoms with Gasteiger partial charge in [0.05, 0.1) is 5.69 Å². The quantitative estimate of drug-likeness (QED) is 0.926. The Hall–Kier alpha value is -2.04. The first-order valence-corrected chi connectivity index (χ1v) is 6.91. The van der Waals surface area contributed by atoms with Gasteiger partial charge in [-0.1, -0.05) is 27.7 Å². The van der Waals surface area contributed by atoms with Gasteiger partial charge in [-0.15, -0.1) is 0 Å². The van der Waals surface area contributed by atoms with Crippen LogP contribution in [0, 0.1) is 0 Å². The molecule has 0 aliphatic heterocycles. The van der Waals surface area contributed by atoms with Crippen molar-refractivity contribution in [3.8, 4) is 11.6 Å². The van der Waals surface area contributed by atoms with Crippen LogP contribution in [0.25, 0.3) is 11.6 Å². The molecule has 0 saturated heterocycles. The van der Waals surface area contributed by atoms with Crippen molar-refractivity contribution in [2.75, 3.05) is 11.9 Å². The summed E-state index contributed by atoms with van der Waals surface area (Å²) >= 11 is 0. The van der Waals surface area contributed by atoms with Crippen molar-refractivity contribution in [2.45, 2.75) is 39.5 Å². The molecule has 0 aliphatic carbocycles. The molecule has 5 nitrogen and oxygen atoms in total. The molecule has 0 aromatic carbocycles. The van der Waals surface area contributed by atoms with Crippen molar-refractivity contribution >= 4 is 5.82 Å². The average molecular weight is 271 g/mol. The molecule has 0 saturated carbocycles. The van der Waals surface area contributed by atoms with Crippen molar-refractivity contribution in [3.63, 3.8) is 0 Å². The molecule has 106 valence electrons. The number of aromatic nitrogens is 4. The zero-order valence-corrected chi connectivity index (χ0v) is 12.5. The molecule has 0 amide bonds. The maximum Gasteiger partial charge on any atom is 0.199 e. The first kappa shape index (κ1) is 14.4. The molecule has 2 aromatic rings. The first-order chi connectivity index (χ1) is 9.50. The van der Waals surface area contributed by atoms with E-state index >= 15 is 0 Å². The Morgan fingerprint density at radius 2 is 1.75 bits per heavy atom. The lowest BCUT2D eigenvalue weighted by Gasteiger charge is -2.19. The van der Waals surface area contributed by atoms with E-state index in [1.165, 1.54) is 0 Å². The smallest absolute Gasteiger partial charge is 0.199 e. The summed E-state index contributed by atoms with van der Waals surface area (Å²) in [6.07, 6.45) is 4.45. The molecular weight excluding hydrogens is 250 g/mol. The second kappa shape index (κ2) is 5.94. The van der Waals surface area contributed by atoms with E-state index in [4.69, 9.17) is 0 Å². The SMILES string of the molecule is CCCNc1cc(C(C)(C)C)nc(-c2ncccn2)n1. The highest BCUT2D eigenvalue weighted by Gasteiger charge is 2.19. The number of nitrogens with zero attached hydrogens (tertiary/aromatic N) is 4. The van der Waals surface area contributed by atoms with Crippen LogP contribution in [0.15, 0.2) is 24.5 Å². The maximum absolute atomic E-state index is 4.61. The van der Waals surface area contributed by atoms with Gasteiger partial charge in [-0.2, -0.15) is 0 Å². The second-order valence-electron chi connectivity index (χ2n) is 5.71. The van der Waals surface area contributed by atoms with Crippen LogP contribution in [0.5, 0.6) is 0 Å². The molecule has 20 heavy (non-hydrogen) atoms. The zero-order chi connectivity index (χ0) is 14.6. The van der Waals surface area contributed by atoms with Gasteiger partial charge in [-0.05, 0) is 12.5 Å². The van der Waals surface area contributed by atoms with E-state index in [0.29, 0.717) is 11.6 Å².